The Labute approximate surface area is 126 Å². The molecule has 1 aromatic carbocycles. The quantitative estimate of drug-likeness (QED) is 0.841. The van der Waals surface area contributed by atoms with Crippen LogP contribution < -0.4 is 10.6 Å². The zero-order valence-corrected chi connectivity index (χ0v) is 13.3. The Morgan fingerprint density at radius 3 is 2.24 bits per heavy atom. The molecule has 0 aliphatic carbocycles. The molecule has 0 aliphatic rings. The van der Waals surface area contributed by atoms with Gasteiger partial charge in [-0.2, -0.15) is 0 Å². The highest BCUT2D eigenvalue weighted by molar-refractivity contribution is 5.96. The van der Waals surface area contributed by atoms with Gasteiger partial charge in [0.2, 0.25) is 5.91 Å². The van der Waals surface area contributed by atoms with Crippen molar-refractivity contribution in [3.8, 4) is 0 Å². The minimum atomic E-state index is -0.449. The fourth-order valence-corrected chi connectivity index (χ4v) is 1.93. The molecular formula is C16H25N3O2. The van der Waals surface area contributed by atoms with Crippen molar-refractivity contribution >= 4 is 11.9 Å². The largest absolute Gasteiger partial charge is 0.338 e. The number of likely N-dealkylation sites (N-methyl/N-ethyl adjacent to an activating group) is 1. The molecule has 3 amide bonds. The first-order chi connectivity index (χ1) is 9.97. The van der Waals surface area contributed by atoms with Gasteiger partial charge in [0.15, 0.2) is 0 Å². The molecule has 0 bridgehead atoms. The molecule has 0 heterocycles. The second kappa shape index (κ2) is 8.42. The van der Waals surface area contributed by atoms with Gasteiger partial charge in [0.1, 0.15) is 0 Å². The van der Waals surface area contributed by atoms with Crippen LogP contribution in [0.4, 0.5) is 4.79 Å². The fraction of sp³-hybridized carbons (Fsp3) is 0.500. The number of carbonyl (C=O) groups is 2. The normalized spacial score (nSPS) is 12.0. The third-order valence-electron chi connectivity index (χ3n) is 3.48. The molecular weight excluding hydrogens is 266 g/mol. The van der Waals surface area contributed by atoms with Crippen molar-refractivity contribution in [2.45, 2.75) is 39.8 Å². The standard InChI is InChI=1S/C16H25N3O2/c1-5-13-7-9-14(10-8-13)11-19(4)12(3)15(20)18-16(21)17-6-2/h7-10,12H,5-6,11H2,1-4H3,(H2,17,18,20,21). The molecule has 0 radical (unpaired) electrons. The zero-order valence-electron chi connectivity index (χ0n) is 13.3. The third kappa shape index (κ3) is 5.55. The summed E-state index contributed by atoms with van der Waals surface area (Å²) in [6.45, 7) is 6.87. The molecule has 5 nitrogen and oxygen atoms in total. The van der Waals surface area contributed by atoms with Gasteiger partial charge in [-0.05, 0) is 38.4 Å². The summed E-state index contributed by atoms with van der Waals surface area (Å²) >= 11 is 0. The number of amides is 3. The summed E-state index contributed by atoms with van der Waals surface area (Å²) in [4.78, 5) is 25.2. The highest BCUT2D eigenvalue weighted by Crippen LogP contribution is 2.09. The number of aryl methyl sites for hydroxylation is 1. The van der Waals surface area contributed by atoms with Crippen molar-refractivity contribution in [1.29, 1.82) is 0 Å². The van der Waals surface area contributed by atoms with Crippen molar-refractivity contribution in [3.05, 3.63) is 35.4 Å². The number of urea groups is 1. The summed E-state index contributed by atoms with van der Waals surface area (Å²) in [5.41, 5.74) is 2.44. The molecule has 5 heteroatoms. The van der Waals surface area contributed by atoms with E-state index in [2.05, 4.69) is 41.8 Å². The summed E-state index contributed by atoms with van der Waals surface area (Å²) in [5.74, 6) is -0.298. The third-order valence-corrected chi connectivity index (χ3v) is 3.48. The predicted octanol–water partition coefficient (Wildman–Crippen LogP) is 1.91. The first-order valence-electron chi connectivity index (χ1n) is 7.34. The molecule has 1 rings (SSSR count). The SMILES string of the molecule is CCNC(=O)NC(=O)C(C)N(C)Cc1ccc(CC)cc1. The average Bonchev–Trinajstić information content (AvgIpc) is 2.47. The Bertz CT molecular complexity index is 471. The summed E-state index contributed by atoms with van der Waals surface area (Å²) in [6.07, 6.45) is 1.02. The van der Waals surface area contributed by atoms with Gasteiger partial charge in [-0.3, -0.25) is 15.0 Å². The number of nitrogens with one attached hydrogen (secondary N) is 2. The number of nitrogens with zero attached hydrogens (tertiary/aromatic N) is 1. The van der Waals surface area contributed by atoms with E-state index in [1.807, 2.05) is 11.9 Å². The molecule has 21 heavy (non-hydrogen) atoms. The van der Waals surface area contributed by atoms with E-state index < -0.39 is 6.03 Å². The van der Waals surface area contributed by atoms with Gasteiger partial charge in [0.25, 0.3) is 0 Å². The minimum Gasteiger partial charge on any atom is -0.338 e. The molecule has 0 fully saturated rings. The Morgan fingerprint density at radius 2 is 1.71 bits per heavy atom. The number of hydrogen-bond donors (Lipinski definition) is 2. The predicted molar refractivity (Wildman–Crippen MR) is 84.0 cm³/mol. The Hall–Kier alpha value is -1.88. The van der Waals surface area contributed by atoms with Crippen LogP contribution in [0.3, 0.4) is 0 Å². The average molecular weight is 291 g/mol. The zero-order chi connectivity index (χ0) is 15.8. The van der Waals surface area contributed by atoms with E-state index >= 15 is 0 Å². The van der Waals surface area contributed by atoms with Crippen LogP contribution in [0, 0.1) is 0 Å². The van der Waals surface area contributed by atoms with E-state index in [0.717, 1.165) is 12.0 Å². The topological polar surface area (TPSA) is 61.4 Å². The summed E-state index contributed by atoms with van der Waals surface area (Å²) < 4.78 is 0. The van der Waals surface area contributed by atoms with Crippen molar-refractivity contribution in [1.82, 2.24) is 15.5 Å². The first-order valence-corrected chi connectivity index (χ1v) is 7.34. The van der Waals surface area contributed by atoms with Crippen LogP contribution in [0.15, 0.2) is 24.3 Å². The Kier molecular flexibility index (Phi) is 6.88. The maximum absolute atomic E-state index is 11.9. The molecule has 0 saturated heterocycles. The van der Waals surface area contributed by atoms with Crippen LogP contribution in [0.2, 0.25) is 0 Å². The second-order valence-corrected chi connectivity index (χ2v) is 5.11. The highest BCUT2D eigenvalue weighted by atomic mass is 16.2. The minimum absolute atomic E-state index is 0.298. The highest BCUT2D eigenvalue weighted by Gasteiger charge is 2.19. The molecule has 0 spiro atoms. The van der Waals surface area contributed by atoms with Gasteiger partial charge in [-0.15, -0.1) is 0 Å². The maximum atomic E-state index is 11.9. The molecule has 0 saturated carbocycles. The lowest BCUT2D eigenvalue weighted by Crippen LogP contribution is -2.48. The lowest BCUT2D eigenvalue weighted by Gasteiger charge is -2.23. The number of hydrogen-bond acceptors (Lipinski definition) is 3. The second-order valence-electron chi connectivity index (χ2n) is 5.11. The van der Waals surface area contributed by atoms with Crippen molar-refractivity contribution in [3.63, 3.8) is 0 Å². The van der Waals surface area contributed by atoms with Gasteiger partial charge < -0.3 is 5.32 Å². The van der Waals surface area contributed by atoms with Gasteiger partial charge in [-0.1, -0.05) is 31.2 Å². The van der Waals surface area contributed by atoms with Crippen molar-refractivity contribution in [2.24, 2.45) is 0 Å². The Morgan fingerprint density at radius 1 is 1.14 bits per heavy atom. The fourth-order valence-electron chi connectivity index (χ4n) is 1.93. The molecule has 116 valence electrons. The van der Waals surface area contributed by atoms with E-state index in [1.54, 1.807) is 13.8 Å². The van der Waals surface area contributed by atoms with E-state index in [4.69, 9.17) is 0 Å². The van der Waals surface area contributed by atoms with Crippen LogP contribution in [-0.2, 0) is 17.8 Å². The van der Waals surface area contributed by atoms with Crippen LogP contribution in [0.5, 0.6) is 0 Å². The van der Waals surface area contributed by atoms with E-state index in [1.165, 1.54) is 5.56 Å². The molecule has 0 aromatic heterocycles. The van der Waals surface area contributed by atoms with Crippen molar-refractivity contribution < 1.29 is 9.59 Å². The number of rotatable bonds is 6. The lowest BCUT2D eigenvalue weighted by atomic mass is 10.1. The monoisotopic (exact) mass is 291 g/mol. The number of carbonyl (C=O) groups excluding carboxylic acids is 2. The molecule has 2 N–H and O–H groups in total. The van der Waals surface area contributed by atoms with Gasteiger partial charge in [0, 0.05) is 13.1 Å². The molecule has 1 aromatic rings. The Balaban J connectivity index is 2.54. The summed E-state index contributed by atoms with van der Waals surface area (Å²) in [6, 6.07) is 7.52. The summed E-state index contributed by atoms with van der Waals surface area (Å²) in [7, 11) is 1.87. The van der Waals surface area contributed by atoms with E-state index in [0.29, 0.717) is 13.1 Å². The molecule has 1 atom stereocenters. The maximum Gasteiger partial charge on any atom is 0.321 e. The van der Waals surface area contributed by atoms with E-state index in [9.17, 15) is 9.59 Å². The molecule has 1 unspecified atom stereocenters. The van der Waals surface area contributed by atoms with Crippen LogP contribution in [0.25, 0.3) is 0 Å². The van der Waals surface area contributed by atoms with Crippen LogP contribution in [0.1, 0.15) is 31.9 Å². The first kappa shape index (κ1) is 17.2. The van der Waals surface area contributed by atoms with Crippen LogP contribution >= 0.6 is 0 Å². The number of imide groups is 1. The smallest absolute Gasteiger partial charge is 0.321 e. The van der Waals surface area contributed by atoms with Crippen molar-refractivity contribution in [2.75, 3.05) is 13.6 Å². The van der Waals surface area contributed by atoms with Gasteiger partial charge in [0.05, 0.1) is 6.04 Å². The van der Waals surface area contributed by atoms with Crippen LogP contribution in [-0.4, -0.2) is 36.5 Å². The van der Waals surface area contributed by atoms with Gasteiger partial charge in [-0.25, -0.2) is 4.79 Å². The molecule has 0 aliphatic heterocycles. The number of benzene rings is 1. The lowest BCUT2D eigenvalue weighted by molar-refractivity contribution is -0.124. The van der Waals surface area contributed by atoms with E-state index in [-0.39, 0.29) is 11.9 Å². The van der Waals surface area contributed by atoms with Gasteiger partial charge >= 0.3 is 6.03 Å². The summed E-state index contributed by atoms with van der Waals surface area (Å²) in [5, 5.41) is 4.88.